The molecule has 0 aliphatic rings. The third-order valence-electron chi connectivity index (χ3n) is 5.38. The molecule has 8 heteroatoms. The Labute approximate surface area is 193 Å². The van der Waals surface area contributed by atoms with Crippen molar-refractivity contribution < 1.29 is 4.74 Å². The molecule has 3 heterocycles. The lowest BCUT2D eigenvalue weighted by Gasteiger charge is -2.11. The van der Waals surface area contributed by atoms with Crippen molar-refractivity contribution in [1.82, 2.24) is 25.6 Å². The summed E-state index contributed by atoms with van der Waals surface area (Å²) in [6.07, 6.45) is 0. The van der Waals surface area contributed by atoms with Crippen molar-refractivity contribution in [2.75, 3.05) is 5.32 Å². The third-order valence-corrected chi connectivity index (χ3v) is 6.33. The zero-order valence-electron chi connectivity index (χ0n) is 17.4. The molecule has 0 unspecified atom stereocenters. The van der Waals surface area contributed by atoms with Crippen LogP contribution in [0.5, 0.6) is 5.75 Å². The first kappa shape index (κ1) is 19.4. The summed E-state index contributed by atoms with van der Waals surface area (Å²) in [7, 11) is 0. The predicted octanol–water partition coefficient (Wildman–Crippen LogP) is 5.95. The Bertz CT molecular complexity index is 1530. The molecule has 0 spiro atoms. The molecule has 0 bridgehead atoms. The molecule has 0 amide bonds. The van der Waals surface area contributed by atoms with E-state index >= 15 is 0 Å². The highest BCUT2D eigenvalue weighted by Crippen LogP contribution is 2.36. The fraction of sp³-hybridized carbons (Fsp3) is 0.0400. The highest BCUT2D eigenvalue weighted by molar-refractivity contribution is 7.18. The molecule has 3 aromatic heterocycles. The van der Waals surface area contributed by atoms with E-state index in [9.17, 15) is 0 Å². The van der Waals surface area contributed by atoms with Crippen molar-refractivity contribution in [3.05, 3.63) is 89.8 Å². The molecule has 0 fully saturated rings. The average molecular weight is 451 g/mol. The number of thiophene rings is 1. The lowest BCUT2D eigenvalue weighted by molar-refractivity contribution is 0.306. The van der Waals surface area contributed by atoms with Gasteiger partial charge in [0.2, 0.25) is 0 Å². The first-order valence-electron chi connectivity index (χ1n) is 10.4. The van der Waals surface area contributed by atoms with Crippen LogP contribution in [0, 0.1) is 0 Å². The van der Waals surface area contributed by atoms with Gasteiger partial charge in [-0.1, -0.05) is 42.5 Å². The second-order valence-corrected chi connectivity index (χ2v) is 8.45. The first-order valence-corrected chi connectivity index (χ1v) is 11.3. The Kier molecular flexibility index (Phi) is 4.89. The number of hydrogen-bond donors (Lipinski definition) is 2. The van der Waals surface area contributed by atoms with Crippen molar-refractivity contribution in [2.24, 2.45) is 0 Å². The van der Waals surface area contributed by atoms with Crippen LogP contribution in [0.3, 0.4) is 0 Å². The van der Waals surface area contributed by atoms with Crippen molar-refractivity contribution in [1.29, 1.82) is 0 Å². The SMILES string of the molecule is c1ccc(COc2ccc(Nc3nc4cc(-c5nnn[nH]5)ccc4c4sccc34)cc2)cc1. The summed E-state index contributed by atoms with van der Waals surface area (Å²) in [6, 6.07) is 26.2. The molecule has 33 heavy (non-hydrogen) atoms. The fourth-order valence-electron chi connectivity index (χ4n) is 3.74. The molecule has 2 N–H and O–H groups in total. The van der Waals surface area contributed by atoms with Gasteiger partial charge in [-0.2, -0.15) is 0 Å². The second kappa shape index (κ2) is 8.33. The number of hydrogen-bond acceptors (Lipinski definition) is 7. The molecule has 7 nitrogen and oxygen atoms in total. The summed E-state index contributed by atoms with van der Waals surface area (Å²) in [5.74, 6) is 2.25. The minimum Gasteiger partial charge on any atom is -0.489 e. The van der Waals surface area contributed by atoms with E-state index in [2.05, 4.69) is 55.6 Å². The van der Waals surface area contributed by atoms with Gasteiger partial charge in [0.05, 0.1) is 5.52 Å². The maximum Gasteiger partial charge on any atom is 0.179 e. The highest BCUT2D eigenvalue weighted by Gasteiger charge is 2.12. The van der Waals surface area contributed by atoms with E-state index in [-0.39, 0.29) is 0 Å². The Hall–Kier alpha value is -4.30. The minimum absolute atomic E-state index is 0.540. The van der Waals surface area contributed by atoms with E-state index in [0.717, 1.165) is 44.7 Å². The van der Waals surface area contributed by atoms with Gasteiger partial charge in [-0.3, -0.25) is 0 Å². The molecular formula is C25H18N6OS. The predicted molar refractivity (Wildman–Crippen MR) is 131 cm³/mol. The van der Waals surface area contributed by atoms with E-state index in [1.165, 1.54) is 4.70 Å². The van der Waals surface area contributed by atoms with Crippen molar-refractivity contribution in [2.45, 2.75) is 6.61 Å². The summed E-state index contributed by atoms with van der Waals surface area (Å²) in [5, 5.41) is 21.9. The molecule has 0 radical (unpaired) electrons. The molecular weight excluding hydrogens is 432 g/mol. The number of ether oxygens (including phenoxy) is 1. The Morgan fingerprint density at radius 2 is 1.79 bits per heavy atom. The Morgan fingerprint density at radius 3 is 2.61 bits per heavy atom. The second-order valence-electron chi connectivity index (χ2n) is 7.53. The largest absolute Gasteiger partial charge is 0.489 e. The lowest BCUT2D eigenvalue weighted by atomic mass is 10.1. The zero-order chi connectivity index (χ0) is 22.0. The summed E-state index contributed by atoms with van der Waals surface area (Å²) in [4.78, 5) is 4.92. The van der Waals surface area contributed by atoms with Crippen molar-refractivity contribution >= 4 is 43.8 Å². The van der Waals surface area contributed by atoms with Crippen LogP contribution < -0.4 is 10.1 Å². The van der Waals surface area contributed by atoms with Gasteiger partial charge in [0.1, 0.15) is 18.2 Å². The molecule has 0 aliphatic carbocycles. The summed E-state index contributed by atoms with van der Waals surface area (Å²) >= 11 is 1.70. The Morgan fingerprint density at radius 1 is 0.909 bits per heavy atom. The highest BCUT2D eigenvalue weighted by atomic mass is 32.1. The van der Waals surface area contributed by atoms with Crippen LogP contribution in [0.15, 0.2) is 84.2 Å². The molecule has 0 atom stereocenters. The normalized spacial score (nSPS) is 11.2. The average Bonchev–Trinajstić information content (AvgIpc) is 3.57. The molecule has 0 saturated heterocycles. The topological polar surface area (TPSA) is 88.6 Å². The van der Waals surface area contributed by atoms with E-state index in [1.807, 2.05) is 54.6 Å². The number of nitrogens with one attached hydrogen (secondary N) is 2. The smallest absolute Gasteiger partial charge is 0.179 e. The Balaban J connectivity index is 1.28. The van der Waals surface area contributed by atoms with E-state index in [4.69, 9.17) is 9.72 Å². The van der Waals surface area contributed by atoms with Crippen molar-refractivity contribution in [3.8, 4) is 17.1 Å². The summed E-state index contributed by atoms with van der Waals surface area (Å²) in [6.45, 7) is 0.540. The molecule has 0 aliphatic heterocycles. The standard InChI is InChI=1S/C25H18N6OS/c1-2-4-16(5-3-1)15-32-19-9-7-18(8-10-19)26-25-21-12-13-33-23(21)20-11-6-17(14-22(20)27-25)24-28-30-31-29-24/h1-14H,15H2,(H,26,27)(H,28,29,30,31). The number of pyridine rings is 1. The van der Waals surface area contributed by atoms with Gasteiger partial charge in [-0.25, -0.2) is 10.1 Å². The van der Waals surface area contributed by atoms with Crippen LogP contribution in [0.25, 0.3) is 32.4 Å². The minimum atomic E-state index is 0.540. The quantitative estimate of drug-likeness (QED) is 0.326. The fourth-order valence-corrected chi connectivity index (χ4v) is 4.67. The van der Waals surface area contributed by atoms with Crippen LogP contribution in [-0.4, -0.2) is 25.6 Å². The monoisotopic (exact) mass is 450 g/mol. The molecule has 3 aromatic carbocycles. The molecule has 0 saturated carbocycles. The van der Waals surface area contributed by atoms with Crippen LogP contribution in [-0.2, 0) is 6.61 Å². The van der Waals surface area contributed by atoms with Gasteiger partial charge in [0.25, 0.3) is 0 Å². The van der Waals surface area contributed by atoms with Gasteiger partial charge in [-0.15, -0.1) is 16.4 Å². The first-order chi connectivity index (χ1) is 16.3. The number of aromatic nitrogens is 5. The summed E-state index contributed by atoms with van der Waals surface area (Å²) in [5.41, 5.74) is 3.85. The number of rotatable bonds is 6. The van der Waals surface area contributed by atoms with E-state index in [0.29, 0.717) is 12.4 Å². The van der Waals surface area contributed by atoms with Crippen LogP contribution in [0.1, 0.15) is 5.56 Å². The maximum atomic E-state index is 5.90. The lowest BCUT2D eigenvalue weighted by Crippen LogP contribution is -1.97. The van der Waals surface area contributed by atoms with Crippen LogP contribution in [0.2, 0.25) is 0 Å². The number of nitrogens with zero attached hydrogens (tertiary/aromatic N) is 4. The number of fused-ring (bicyclic) bond motifs is 3. The number of aromatic amines is 1. The zero-order valence-corrected chi connectivity index (χ0v) is 18.2. The number of H-pyrrole nitrogens is 1. The van der Waals surface area contributed by atoms with Crippen LogP contribution >= 0.6 is 11.3 Å². The molecule has 160 valence electrons. The number of benzene rings is 3. The third kappa shape index (κ3) is 3.88. The van der Waals surface area contributed by atoms with E-state index in [1.54, 1.807) is 11.3 Å². The van der Waals surface area contributed by atoms with E-state index < -0.39 is 0 Å². The maximum absolute atomic E-state index is 5.90. The summed E-state index contributed by atoms with van der Waals surface area (Å²) < 4.78 is 7.09. The number of tetrazole rings is 1. The van der Waals surface area contributed by atoms with Crippen LogP contribution in [0.4, 0.5) is 11.5 Å². The molecule has 6 rings (SSSR count). The number of anilines is 2. The van der Waals surface area contributed by atoms with Gasteiger partial charge in [0, 0.05) is 26.7 Å². The molecule has 6 aromatic rings. The van der Waals surface area contributed by atoms with Gasteiger partial charge >= 0.3 is 0 Å². The van der Waals surface area contributed by atoms with Crippen molar-refractivity contribution in [3.63, 3.8) is 0 Å². The van der Waals surface area contributed by atoms with Gasteiger partial charge in [-0.05, 0) is 57.8 Å². The van der Waals surface area contributed by atoms with Gasteiger partial charge in [0.15, 0.2) is 5.82 Å². The van der Waals surface area contributed by atoms with Gasteiger partial charge < -0.3 is 10.1 Å².